The second-order valence-corrected chi connectivity index (χ2v) is 8.70. The smallest absolute Gasteiger partial charge is 0.324 e. The van der Waals surface area contributed by atoms with Crippen LogP contribution in [0.3, 0.4) is 0 Å². The Labute approximate surface area is 176 Å². The Kier molecular flexibility index (Phi) is 4.79. The van der Waals surface area contributed by atoms with Crippen LogP contribution in [0.1, 0.15) is 48.7 Å². The van der Waals surface area contributed by atoms with E-state index in [-0.39, 0.29) is 47.9 Å². The molecule has 1 saturated carbocycles. The number of urea groups is 1. The molecule has 30 heavy (non-hydrogen) atoms. The molecule has 5 unspecified atom stereocenters. The minimum atomic E-state index is -0.296. The van der Waals surface area contributed by atoms with Gasteiger partial charge >= 0.3 is 6.03 Å². The lowest BCUT2D eigenvalue weighted by Gasteiger charge is -2.45. The summed E-state index contributed by atoms with van der Waals surface area (Å²) in [5, 5.41) is 3.11. The van der Waals surface area contributed by atoms with Gasteiger partial charge in [-0.1, -0.05) is 30.3 Å². The molecule has 0 spiro atoms. The maximum Gasteiger partial charge on any atom is 0.324 e. The highest BCUT2D eigenvalue weighted by atomic mass is 16.2. The second-order valence-electron chi connectivity index (χ2n) is 8.70. The Bertz CT molecular complexity index is 965. The lowest BCUT2D eigenvalue weighted by atomic mass is 9.70. The summed E-state index contributed by atoms with van der Waals surface area (Å²) < 4.78 is 0. The number of hydrazine groups is 1. The van der Waals surface area contributed by atoms with Gasteiger partial charge in [-0.05, 0) is 55.9 Å². The molecule has 3 amide bonds. The first-order chi connectivity index (χ1) is 14.5. The molecule has 0 radical (unpaired) electrons. The van der Waals surface area contributed by atoms with Crippen molar-refractivity contribution in [2.45, 2.75) is 50.9 Å². The number of pyridine rings is 1. The maximum atomic E-state index is 13.5. The summed E-state index contributed by atoms with van der Waals surface area (Å²) >= 11 is 0. The van der Waals surface area contributed by atoms with Gasteiger partial charge in [-0.2, -0.15) is 0 Å². The zero-order chi connectivity index (χ0) is 20.8. The number of imide groups is 1. The van der Waals surface area contributed by atoms with Crippen molar-refractivity contribution in [1.29, 1.82) is 0 Å². The van der Waals surface area contributed by atoms with Gasteiger partial charge in [-0.15, -0.1) is 0 Å². The highest BCUT2D eigenvalue weighted by Gasteiger charge is 2.52. The Morgan fingerprint density at radius 2 is 1.87 bits per heavy atom. The van der Waals surface area contributed by atoms with Crippen molar-refractivity contribution in [3.63, 3.8) is 0 Å². The quantitative estimate of drug-likeness (QED) is 0.731. The number of fused-ring (bicyclic) bond motifs is 2. The second kappa shape index (κ2) is 7.49. The van der Waals surface area contributed by atoms with Crippen LogP contribution in [0.15, 0.2) is 48.7 Å². The van der Waals surface area contributed by atoms with Crippen LogP contribution in [0.5, 0.6) is 0 Å². The molecule has 3 aliphatic rings. The van der Waals surface area contributed by atoms with Crippen LogP contribution in [-0.4, -0.2) is 33.9 Å². The molecule has 2 aromatic rings. The predicted molar refractivity (Wildman–Crippen MR) is 112 cm³/mol. The molecular formula is C23H27N5O2. The first-order valence-electron chi connectivity index (χ1n) is 10.6. The van der Waals surface area contributed by atoms with Crippen LogP contribution in [0.2, 0.25) is 0 Å². The van der Waals surface area contributed by atoms with Gasteiger partial charge in [0.25, 0.3) is 0 Å². The van der Waals surface area contributed by atoms with E-state index in [1.807, 2.05) is 56.4 Å². The van der Waals surface area contributed by atoms with E-state index in [9.17, 15) is 9.59 Å². The number of aromatic nitrogens is 1. The molecular weight excluding hydrogens is 378 g/mol. The minimum Gasteiger partial charge on any atom is -0.334 e. The number of benzene rings is 1. The summed E-state index contributed by atoms with van der Waals surface area (Å²) in [6.07, 6.45) is 3.31. The molecule has 6 atom stereocenters. The van der Waals surface area contributed by atoms with Gasteiger partial charge in [0.05, 0.1) is 18.0 Å². The van der Waals surface area contributed by atoms with Crippen molar-refractivity contribution < 1.29 is 9.59 Å². The van der Waals surface area contributed by atoms with Crippen molar-refractivity contribution in [3.05, 3.63) is 65.5 Å². The molecule has 1 aliphatic carbocycles. The van der Waals surface area contributed by atoms with Crippen LogP contribution in [0, 0.1) is 18.8 Å². The Morgan fingerprint density at radius 3 is 2.63 bits per heavy atom. The van der Waals surface area contributed by atoms with E-state index < -0.39 is 0 Å². The Balaban J connectivity index is 1.39. The van der Waals surface area contributed by atoms with E-state index >= 15 is 0 Å². The number of nitrogens with zero attached hydrogens (tertiary/aromatic N) is 2. The molecule has 156 valence electrons. The highest BCUT2D eigenvalue weighted by Crippen LogP contribution is 2.43. The van der Waals surface area contributed by atoms with Crippen LogP contribution >= 0.6 is 0 Å². The fraction of sp³-hybridized carbons (Fsp3) is 0.435. The largest absolute Gasteiger partial charge is 0.334 e. The number of hydrogen-bond donors (Lipinski definition) is 3. The van der Waals surface area contributed by atoms with Gasteiger partial charge in [-0.25, -0.2) is 10.2 Å². The van der Waals surface area contributed by atoms with Gasteiger partial charge in [0.15, 0.2) is 0 Å². The normalized spacial score (nSPS) is 31.7. The first kappa shape index (κ1) is 19.2. The molecule has 3 fully saturated rings. The molecule has 7 nitrogen and oxygen atoms in total. The van der Waals surface area contributed by atoms with Crippen LogP contribution in [0.25, 0.3) is 0 Å². The van der Waals surface area contributed by atoms with E-state index in [4.69, 9.17) is 0 Å². The zero-order valence-electron chi connectivity index (χ0n) is 17.2. The molecule has 1 aromatic carbocycles. The summed E-state index contributed by atoms with van der Waals surface area (Å²) in [4.78, 5) is 32.0. The Hall–Kier alpha value is -2.77. The van der Waals surface area contributed by atoms with Crippen LogP contribution in [-0.2, 0) is 4.79 Å². The third-order valence-corrected chi connectivity index (χ3v) is 6.92. The topological polar surface area (TPSA) is 86.4 Å². The number of aryl methyl sites for hydroxylation is 1. The fourth-order valence-corrected chi connectivity index (χ4v) is 5.35. The van der Waals surface area contributed by atoms with Crippen molar-refractivity contribution >= 4 is 11.9 Å². The average Bonchev–Trinajstić information content (AvgIpc) is 3.16. The summed E-state index contributed by atoms with van der Waals surface area (Å²) in [5.41, 5.74) is 9.95. The van der Waals surface area contributed by atoms with E-state index in [2.05, 4.69) is 27.2 Å². The van der Waals surface area contributed by atoms with Crippen LogP contribution < -0.4 is 16.2 Å². The average molecular weight is 406 g/mol. The van der Waals surface area contributed by atoms with Crippen LogP contribution in [0.4, 0.5) is 4.79 Å². The first-order valence-corrected chi connectivity index (χ1v) is 10.6. The molecule has 2 aliphatic heterocycles. The molecule has 3 heterocycles. The molecule has 1 aromatic heterocycles. The fourth-order valence-electron chi connectivity index (χ4n) is 5.35. The monoisotopic (exact) mass is 405 g/mol. The summed E-state index contributed by atoms with van der Waals surface area (Å²) in [6.45, 7) is 3.91. The van der Waals surface area contributed by atoms with E-state index in [1.165, 1.54) is 10.5 Å². The Morgan fingerprint density at radius 1 is 1.07 bits per heavy atom. The van der Waals surface area contributed by atoms with Crippen molar-refractivity contribution in [1.82, 2.24) is 26.1 Å². The number of nitrogens with one attached hydrogen (secondary N) is 3. The molecule has 2 saturated heterocycles. The zero-order valence-corrected chi connectivity index (χ0v) is 17.2. The molecule has 5 rings (SSSR count). The number of carbonyl (C=O) groups is 2. The number of rotatable bonds is 3. The summed E-state index contributed by atoms with van der Waals surface area (Å²) in [6, 6.07) is 13.5. The van der Waals surface area contributed by atoms with Gasteiger partial charge in [0.2, 0.25) is 5.91 Å². The van der Waals surface area contributed by atoms with Gasteiger partial charge in [0.1, 0.15) is 0 Å². The molecule has 3 N–H and O–H groups in total. The molecule has 7 heteroatoms. The highest BCUT2D eigenvalue weighted by molar-refractivity contribution is 5.99. The standard InChI is InChI=1S/C23H27N5O2/c1-13-10-16(8-9-24-13)21-17-11-18-19(12-20(17)26-27-21)25-23(30)28(22(18)29)14(2)15-6-4-3-5-7-15/h3-10,14,17-21,26-27H,11-12H2,1-2H3,(H,25,30)/t14-,17?,18?,19?,20?,21?/m1/s1. The predicted octanol–water partition coefficient (Wildman–Crippen LogP) is 2.62. The maximum absolute atomic E-state index is 13.5. The van der Waals surface area contributed by atoms with Crippen molar-refractivity contribution in [3.8, 4) is 0 Å². The SMILES string of the molecule is Cc1cc(C2NNC3CC4NC(=O)N([C@H](C)c5ccccc5)C(=O)C4CC32)ccn1. The van der Waals surface area contributed by atoms with E-state index in [0.717, 1.165) is 24.1 Å². The van der Waals surface area contributed by atoms with Crippen molar-refractivity contribution in [2.75, 3.05) is 0 Å². The van der Waals surface area contributed by atoms with Crippen molar-refractivity contribution in [2.24, 2.45) is 11.8 Å². The minimum absolute atomic E-state index is 0.0601. The number of hydrogen-bond acceptors (Lipinski definition) is 5. The van der Waals surface area contributed by atoms with Gasteiger partial charge in [-0.3, -0.25) is 20.1 Å². The number of carbonyl (C=O) groups excluding carboxylic acids is 2. The van der Waals surface area contributed by atoms with E-state index in [0.29, 0.717) is 0 Å². The third-order valence-electron chi connectivity index (χ3n) is 6.92. The van der Waals surface area contributed by atoms with Gasteiger partial charge < -0.3 is 5.32 Å². The lowest BCUT2D eigenvalue weighted by Crippen LogP contribution is -2.63. The number of amides is 3. The lowest BCUT2D eigenvalue weighted by molar-refractivity contribution is -0.139. The summed E-state index contributed by atoms with van der Waals surface area (Å²) in [7, 11) is 0. The summed E-state index contributed by atoms with van der Waals surface area (Å²) in [5.74, 6) is 0.0123. The van der Waals surface area contributed by atoms with Gasteiger partial charge in [0, 0.05) is 24.0 Å². The molecule has 0 bridgehead atoms. The third kappa shape index (κ3) is 3.18. The van der Waals surface area contributed by atoms with E-state index in [1.54, 1.807) is 0 Å².